The number of fused-ring (bicyclic) bond motifs is 1. The fourth-order valence-electron chi connectivity index (χ4n) is 2.00. The van der Waals surface area contributed by atoms with E-state index in [0.29, 0.717) is 0 Å². The van der Waals surface area contributed by atoms with Gasteiger partial charge < -0.3 is 10.1 Å². The molecule has 0 spiro atoms. The lowest BCUT2D eigenvalue weighted by Gasteiger charge is -2.38. The standard InChI is InChI=1S/C13H14BrN3O/c1-13(7-18-8-13)6-17-9-2-3-10-12(11(9)14)16-5-4-15-10/h2-5,17H,6-8H2,1H3. The van der Waals surface area contributed by atoms with Gasteiger partial charge in [0, 0.05) is 24.4 Å². The Labute approximate surface area is 114 Å². The van der Waals surface area contributed by atoms with E-state index in [2.05, 4.69) is 38.1 Å². The molecule has 0 amide bonds. The van der Waals surface area contributed by atoms with Crippen molar-refractivity contribution < 1.29 is 4.74 Å². The number of rotatable bonds is 3. The van der Waals surface area contributed by atoms with Crippen LogP contribution in [0.1, 0.15) is 6.92 Å². The second-order valence-corrected chi connectivity index (χ2v) is 5.80. The van der Waals surface area contributed by atoms with Gasteiger partial charge in [-0.1, -0.05) is 6.92 Å². The van der Waals surface area contributed by atoms with Crippen LogP contribution in [0.3, 0.4) is 0 Å². The summed E-state index contributed by atoms with van der Waals surface area (Å²) in [5, 5.41) is 3.45. The molecule has 1 fully saturated rings. The van der Waals surface area contributed by atoms with Crippen molar-refractivity contribution in [3.63, 3.8) is 0 Å². The zero-order valence-electron chi connectivity index (χ0n) is 10.1. The van der Waals surface area contributed by atoms with E-state index in [0.717, 1.165) is 41.0 Å². The van der Waals surface area contributed by atoms with Crippen molar-refractivity contribution in [2.75, 3.05) is 25.1 Å². The molecule has 4 nitrogen and oxygen atoms in total. The highest BCUT2D eigenvalue weighted by atomic mass is 79.9. The van der Waals surface area contributed by atoms with E-state index in [1.807, 2.05) is 12.1 Å². The third kappa shape index (κ3) is 2.08. The van der Waals surface area contributed by atoms with Gasteiger partial charge in [0.2, 0.25) is 0 Å². The van der Waals surface area contributed by atoms with E-state index in [4.69, 9.17) is 4.74 Å². The number of aromatic nitrogens is 2. The molecule has 0 saturated carbocycles. The highest BCUT2D eigenvalue weighted by Crippen LogP contribution is 2.31. The molecule has 1 aromatic carbocycles. The molecule has 1 N–H and O–H groups in total. The molecule has 0 radical (unpaired) electrons. The second-order valence-electron chi connectivity index (χ2n) is 5.01. The minimum Gasteiger partial charge on any atom is -0.383 e. The van der Waals surface area contributed by atoms with Crippen molar-refractivity contribution in [2.24, 2.45) is 5.41 Å². The Hall–Kier alpha value is -1.20. The number of hydrogen-bond donors (Lipinski definition) is 1. The van der Waals surface area contributed by atoms with Gasteiger partial charge in [-0.05, 0) is 28.1 Å². The number of halogens is 1. The first-order valence-electron chi connectivity index (χ1n) is 5.89. The number of nitrogens with zero attached hydrogens (tertiary/aromatic N) is 2. The summed E-state index contributed by atoms with van der Waals surface area (Å²) in [6, 6.07) is 4.01. The molecule has 1 aliphatic rings. The van der Waals surface area contributed by atoms with Gasteiger partial charge in [-0.2, -0.15) is 0 Å². The molecule has 1 aliphatic heterocycles. The van der Waals surface area contributed by atoms with Gasteiger partial charge >= 0.3 is 0 Å². The summed E-state index contributed by atoms with van der Waals surface area (Å²) in [5.74, 6) is 0. The van der Waals surface area contributed by atoms with E-state index < -0.39 is 0 Å². The van der Waals surface area contributed by atoms with Crippen LogP contribution in [0.5, 0.6) is 0 Å². The molecule has 2 heterocycles. The highest BCUT2D eigenvalue weighted by Gasteiger charge is 2.33. The van der Waals surface area contributed by atoms with E-state index in [1.165, 1.54) is 0 Å². The third-order valence-electron chi connectivity index (χ3n) is 3.19. The van der Waals surface area contributed by atoms with Crippen LogP contribution in [0.15, 0.2) is 29.0 Å². The smallest absolute Gasteiger partial charge is 0.105 e. The molecule has 1 saturated heterocycles. The normalized spacial score (nSPS) is 17.4. The Morgan fingerprint density at radius 2 is 2.11 bits per heavy atom. The van der Waals surface area contributed by atoms with Crippen LogP contribution in [-0.4, -0.2) is 29.7 Å². The zero-order valence-corrected chi connectivity index (χ0v) is 11.7. The highest BCUT2D eigenvalue weighted by molar-refractivity contribution is 9.10. The summed E-state index contributed by atoms with van der Waals surface area (Å²) < 4.78 is 6.22. The number of anilines is 1. The Morgan fingerprint density at radius 1 is 1.33 bits per heavy atom. The first kappa shape index (κ1) is 11.9. The van der Waals surface area contributed by atoms with Gasteiger partial charge in [0.15, 0.2) is 0 Å². The summed E-state index contributed by atoms with van der Waals surface area (Å²) in [6.07, 6.45) is 3.41. The molecule has 0 atom stereocenters. The van der Waals surface area contributed by atoms with E-state index in [9.17, 15) is 0 Å². The maximum Gasteiger partial charge on any atom is 0.105 e. The van der Waals surface area contributed by atoms with Gasteiger partial charge in [-0.15, -0.1) is 0 Å². The van der Waals surface area contributed by atoms with Crippen molar-refractivity contribution in [1.29, 1.82) is 0 Å². The van der Waals surface area contributed by atoms with Gasteiger partial charge in [0.05, 0.1) is 28.9 Å². The Kier molecular flexibility index (Phi) is 2.95. The van der Waals surface area contributed by atoms with Crippen LogP contribution in [-0.2, 0) is 4.74 Å². The number of ether oxygens (including phenoxy) is 1. The first-order chi connectivity index (χ1) is 8.68. The van der Waals surface area contributed by atoms with Crippen molar-refractivity contribution in [3.8, 4) is 0 Å². The quantitative estimate of drug-likeness (QED) is 0.947. The van der Waals surface area contributed by atoms with Crippen LogP contribution in [0.4, 0.5) is 5.69 Å². The SMILES string of the molecule is CC1(CNc2ccc3nccnc3c2Br)COC1. The summed E-state index contributed by atoms with van der Waals surface area (Å²) in [5.41, 5.74) is 3.08. The van der Waals surface area contributed by atoms with Crippen LogP contribution < -0.4 is 5.32 Å². The maximum atomic E-state index is 5.25. The molecule has 1 aromatic heterocycles. The Balaban J connectivity index is 1.86. The van der Waals surface area contributed by atoms with Gasteiger partial charge in [0.25, 0.3) is 0 Å². The predicted molar refractivity (Wildman–Crippen MR) is 74.7 cm³/mol. The minimum absolute atomic E-state index is 0.247. The predicted octanol–water partition coefficient (Wildman–Crippen LogP) is 2.84. The molecule has 2 aromatic rings. The van der Waals surface area contributed by atoms with E-state index in [-0.39, 0.29) is 5.41 Å². The van der Waals surface area contributed by atoms with Crippen LogP contribution in [0.2, 0.25) is 0 Å². The van der Waals surface area contributed by atoms with Gasteiger partial charge in [0.1, 0.15) is 5.52 Å². The summed E-state index contributed by atoms with van der Waals surface area (Å²) in [6.45, 7) is 4.77. The molecule has 18 heavy (non-hydrogen) atoms. The molecule has 3 rings (SSSR count). The van der Waals surface area contributed by atoms with Crippen molar-refractivity contribution in [3.05, 3.63) is 29.0 Å². The van der Waals surface area contributed by atoms with Gasteiger partial charge in [-0.3, -0.25) is 9.97 Å². The molecular weight excluding hydrogens is 294 g/mol. The summed E-state index contributed by atoms with van der Waals surface area (Å²) >= 11 is 3.59. The lowest BCUT2D eigenvalue weighted by atomic mass is 9.89. The van der Waals surface area contributed by atoms with Crippen LogP contribution in [0, 0.1) is 5.41 Å². The lowest BCUT2D eigenvalue weighted by Crippen LogP contribution is -2.45. The Morgan fingerprint density at radius 3 is 2.83 bits per heavy atom. The zero-order chi connectivity index (χ0) is 12.6. The maximum absolute atomic E-state index is 5.25. The van der Waals surface area contributed by atoms with Crippen molar-refractivity contribution in [2.45, 2.75) is 6.92 Å². The van der Waals surface area contributed by atoms with E-state index in [1.54, 1.807) is 12.4 Å². The average molecular weight is 308 g/mol. The van der Waals surface area contributed by atoms with Crippen molar-refractivity contribution in [1.82, 2.24) is 9.97 Å². The molecule has 0 aliphatic carbocycles. The summed E-state index contributed by atoms with van der Waals surface area (Å²) in [4.78, 5) is 8.63. The topological polar surface area (TPSA) is 47.0 Å². The fourth-order valence-corrected chi connectivity index (χ4v) is 2.58. The third-order valence-corrected chi connectivity index (χ3v) is 3.99. The largest absolute Gasteiger partial charge is 0.383 e. The molecule has 0 unspecified atom stereocenters. The van der Waals surface area contributed by atoms with Crippen molar-refractivity contribution >= 4 is 32.7 Å². The molecule has 5 heteroatoms. The van der Waals surface area contributed by atoms with E-state index >= 15 is 0 Å². The number of hydrogen-bond acceptors (Lipinski definition) is 4. The number of nitrogens with one attached hydrogen (secondary N) is 1. The average Bonchev–Trinajstić information content (AvgIpc) is 2.36. The summed E-state index contributed by atoms with van der Waals surface area (Å²) in [7, 11) is 0. The molecular formula is C13H14BrN3O. The second kappa shape index (κ2) is 4.48. The number of benzene rings is 1. The fraction of sp³-hybridized carbons (Fsp3) is 0.385. The molecule has 94 valence electrons. The molecule has 0 bridgehead atoms. The van der Waals surface area contributed by atoms with Crippen LogP contribution in [0.25, 0.3) is 11.0 Å². The Bertz CT molecular complexity index is 583. The van der Waals surface area contributed by atoms with Crippen LogP contribution >= 0.6 is 15.9 Å². The van der Waals surface area contributed by atoms with Gasteiger partial charge in [-0.25, -0.2) is 0 Å². The minimum atomic E-state index is 0.247. The lowest BCUT2D eigenvalue weighted by molar-refractivity contribution is -0.0924. The first-order valence-corrected chi connectivity index (χ1v) is 6.68. The monoisotopic (exact) mass is 307 g/mol.